The highest BCUT2D eigenvalue weighted by atomic mass is 16.5. The number of amides is 1. The molecule has 1 aliphatic rings. The van der Waals surface area contributed by atoms with Crippen molar-refractivity contribution in [1.82, 2.24) is 5.32 Å². The Kier molecular flexibility index (Phi) is 4.63. The number of ether oxygens (including phenoxy) is 1. The molecule has 0 unspecified atom stereocenters. The van der Waals surface area contributed by atoms with Crippen LogP contribution in [0.15, 0.2) is 18.2 Å². The molecule has 114 valence electrons. The van der Waals surface area contributed by atoms with Crippen LogP contribution in [0.3, 0.4) is 0 Å². The van der Waals surface area contributed by atoms with Gasteiger partial charge >= 0.3 is 5.97 Å². The summed E-state index contributed by atoms with van der Waals surface area (Å²) in [6.45, 7) is 4.78. The molecule has 21 heavy (non-hydrogen) atoms. The van der Waals surface area contributed by atoms with Crippen LogP contribution in [0, 0.1) is 19.3 Å². The summed E-state index contributed by atoms with van der Waals surface area (Å²) in [5.41, 5.74) is 1.58. The number of carbonyl (C=O) groups excluding carboxylic acids is 1. The van der Waals surface area contributed by atoms with Crippen molar-refractivity contribution in [1.29, 1.82) is 0 Å². The fraction of sp³-hybridized carbons (Fsp3) is 0.500. The van der Waals surface area contributed by atoms with E-state index in [0.717, 1.165) is 11.1 Å². The predicted molar refractivity (Wildman–Crippen MR) is 78.4 cm³/mol. The number of carbonyl (C=O) groups is 2. The minimum absolute atomic E-state index is 0.137. The van der Waals surface area contributed by atoms with Crippen LogP contribution in [0.1, 0.15) is 34.3 Å². The van der Waals surface area contributed by atoms with E-state index in [0.29, 0.717) is 31.6 Å². The van der Waals surface area contributed by atoms with Gasteiger partial charge in [-0.25, -0.2) is 0 Å². The molecule has 0 atom stereocenters. The second-order valence-corrected chi connectivity index (χ2v) is 5.70. The third-order valence-electron chi connectivity index (χ3n) is 4.13. The van der Waals surface area contributed by atoms with Crippen LogP contribution >= 0.6 is 0 Å². The number of rotatable bonds is 4. The van der Waals surface area contributed by atoms with E-state index in [4.69, 9.17) is 4.74 Å². The number of carboxylic acids is 1. The largest absolute Gasteiger partial charge is 0.481 e. The highest BCUT2D eigenvalue weighted by molar-refractivity contribution is 5.96. The molecule has 1 fully saturated rings. The van der Waals surface area contributed by atoms with Crippen molar-refractivity contribution in [3.05, 3.63) is 34.9 Å². The Morgan fingerprint density at radius 2 is 1.95 bits per heavy atom. The van der Waals surface area contributed by atoms with Crippen molar-refractivity contribution >= 4 is 11.9 Å². The van der Waals surface area contributed by atoms with E-state index in [1.807, 2.05) is 32.0 Å². The lowest BCUT2D eigenvalue weighted by Gasteiger charge is -2.33. The molecule has 1 heterocycles. The van der Waals surface area contributed by atoms with Crippen molar-refractivity contribution in [2.75, 3.05) is 19.8 Å². The van der Waals surface area contributed by atoms with Gasteiger partial charge in [0.05, 0.1) is 5.41 Å². The summed E-state index contributed by atoms with van der Waals surface area (Å²) >= 11 is 0. The van der Waals surface area contributed by atoms with Crippen LogP contribution in [-0.2, 0) is 9.53 Å². The summed E-state index contributed by atoms with van der Waals surface area (Å²) in [6, 6.07) is 5.66. The first-order chi connectivity index (χ1) is 9.94. The number of aliphatic carboxylic acids is 1. The van der Waals surface area contributed by atoms with Crippen molar-refractivity contribution < 1.29 is 19.4 Å². The van der Waals surface area contributed by atoms with Crippen LogP contribution in [0.25, 0.3) is 0 Å². The zero-order chi connectivity index (χ0) is 15.5. The van der Waals surface area contributed by atoms with Gasteiger partial charge in [0.2, 0.25) is 0 Å². The fourth-order valence-electron chi connectivity index (χ4n) is 2.55. The lowest BCUT2D eigenvalue weighted by atomic mass is 9.80. The molecule has 0 aromatic heterocycles. The number of hydrogen-bond acceptors (Lipinski definition) is 3. The first-order valence-electron chi connectivity index (χ1n) is 7.11. The Bertz CT molecular complexity index is 547. The summed E-state index contributed by atoms with van der Waals surface area (Å²) in [5, 5.41) is 12.2. The Balaban J connectivity index is 2.08. The van der Waals surface area contributed by atoms with E-state index in [1.54, 1.807) is 0 Å². The molecule has 1 amide bonds. The van der Waals surface area contributed by atoms with E-state index in [9.17, 15) is 14.7 Å². The molecular weight excluding hydrogens is 270 g/mol. The van der Waals surface area contributed by atoms with E-state index < -0.39 is 11.4 Å². The number of benzene rings is 1. The van der Waals surface area contributed by atoms with E-state index >= 15 is 0 Å². The zero-order valence-corrected chi connectivity index (χ0v) is 12.4. The van der Waals surface area contributed by atoms with Crippen molar-refractivity contribution in [3.8, 4) is 0 Å². The van der Waals surface area contributed by atoms with Crippen LogP contribution in [0.5, 0.6) is 0 Å². The summed E-state index contributed by atoms with van der Waals surface area (Å²) in [4.78, 5) is 23.8. The van der Waals surface area contributed by atoms with Gasteiger partial charge in [0.1, 0.15) is 0 Å². The molecule has 1 aliphatic heterocycles. The van der Waals surface area contributed by atoms with Crippen molar-refractivity contribution in [2.45, 2.75) is 26.7 Å². The van der Waals surface area contributed by atoms with E-state index in [1.165, 1.54) is 0 Å². The van der Waals surface area contributed by atoms with E-state index in [2.05, 4.69) is 5.32 Å². The average Bonchev–Trinajstić information content (AvgIpc) is 2.48. The Morgan fingerprint density at radius 1 is 1.29 bits per heavy atom. The van der Waals surface area contributed by atoms with Gasteiger partial charge in [-0.1, -0.05) is 17.7 Å². The molecule has 5 heteroatoms. The minimum atomic E-state index is -0.911. The molecule has 0 spiro atoms. The second kappa shape index (κ2) is 6.26. The molecule has 1 saturated heterocycles. The SMILES string of the molecule is Cc1ccc(C)c(C(=O)NCC2(C(=O)O)CCOCC2)c1. The first kappa shape index (κ1) is 15.5. The zero-order valence-electron chi connectivity index (χ0n) is 12.4. The lowest BCUT2D eigenvalue weighted by Crippen LogP contribution is -2.46. The maximum Gasteiger partial charge on any atom is 0.311 e. The van der Waals surface area contributed by atoms with Crippen LogP contribution < -0.4 is 5.32 Å². The molecular formula is C16H21NO4. The average molecular weight is 291 g/mol. The normalized spacial score (nSPS) is 17.2. The van der Waals surface area contributed by atoms with Crippen LogP contribution in [0.4, 0.5) is 0 Å². The molecule has 5 nitrogen and oxygen atoms in total. The second-order valence-electron chi connectivity index (χ2n) is 5.70. The molecule has 1 aromatic rings. The third kappa shape index (κ3) is 3.42. The summed E-state index contributed by atoms with van der Waals surface area (Å²) < 4.78 is 5.23. The van der Waals surface area contributed by atoms with Crippen molar-refractivity contribution in [2.24, 2.45) is 5.41 Å². The smallest absolute Gasteiger partial charge is 0.311 e. The molecule has 0 aliphatic carbocycles. The molecule has 2 N–H and O–H groups in total. The summed E-state index contributed by atoms with van der Waals surface area (Å²) in [5.74, 6) is -1.09. The van der Waals surface area contributed by atoms with Gasteiger partial charge in [0.15, 0.2) is 0 Å². The molecule has 0 radical (unpaired) electrons. The minimum Gasteiger partial charge on any atom is -0.481 e. The van der Waals surface area contributed by atoms with Gasteiger partial charge in [-0.05, 0) is 38.3 Å². The van der Waals surface area contributed by atoms with Crippen LogP contribution in [0.2, 0.25) is 0 Å². The Morgan fingerprint density at radius 3 is 2.57 bits per heavy atom. The quantitative estimate of drug-likeness (QED) is 0.888. The summed E-state index contributed by atoms with van der Waals surface area (Å²) in [7, 11) is 0. The third-order valence-corrected chi connectivity index (χ3v) is 4.13. The Hall–Kier alpha value is -1.88. The number of carboxylic acid groups (broad SMARTS) is 1. The lowest BCUT2D eigenvalue weighted by molar-refractivity contribution is -0.154. The molecule has 2 rings (SSSR count). The maximum absolute atomic E-state index is 12.3. The van der Waals surface area contributed by atoms with Gasteiger partial charge in [-0.2, -0.15) is 0 Å². The molecule has 1 aromatic carbocycles. The molecule has 0 saturated carbocycles. The number of nitrogens with one attached hydrogen (secondary N) is 1. The van der Waals surface area contributed by atoms with E-state index in [-0.39, 0.29) is 12.5 Å². The number of aryl methyl sites for hydroxylation is 2. The Labute approximate surface area is 124 Å². The highest BCUT2D eigenvalue weighted by Gasteiger charge is 2.40. The maximum atomic E-state index is 12.3. The highest BCUT2D eigenvalue weighted by Crippen LogP contribution is 2.30. The van der Waals surface area contributed by atoms with Gasteiger partial charge in [0.25, 0.3) is 5.91 Å². The summed E-state index contributed by atoms with van der Waals surface area (Å²) in [6.07, 6.45) is 0.852. The van der Waals surface area contributed by atoms with Gasteiger partial charge in [-0.15, -0.1) is 0 Å². The first-order valence-corrected chi connectivity index (χ1v) is 7.11. The van der Waals surface area contributed by atoms with Gasteiger partial charge in [-0.3, -0.25) is 9.59 Å². The fourth-order valence-corrected chi connectivity index (χ4v) is 2.55. The number of hydrogen-bond donors (Lipinski definition) is 2. The molecule has 0 bridgehead atoms. The van der Waals surface area contributed by atoms with Gasteiger partial charge in [0, 0.05) is 25.3 Å². The standard InChI is InChI=1S/C16H21NO4/c1-11-3-4-12(2)13(9-11)14(18)17-10-16(15(19)20)5-7-21-8-6-16/h3-4,9H,5-8,10H2,1-2H3,(H,17,18)(H,19,20). The van der Waals surface area contributed by atoms with Gasteiger partial charge < -0.3 is 15.2 Å². The van der Waals surface area contributed by atoms with Crippen molar-refractivity contribution in [3.63, 3.8) is 0 Å². The topological polar surface area (TPSA) is 75.6 Å². The monoisotopic (exact) mass is 291 g/mol. The predicted octanol–water partition coefficient (Wildman–Crippen LogP) is 1.91. The van der Waals surface area contributed by atoms with Crippen LogP contribution in [-0.4, -0.2) is 36.7 Å².